The Bertz CT molecular complexity index is 519. The quantitative estimate of drug-likeness (QED) is 0.756. The molecule has 2 atom stereocenters. The summed E-state index contributed by atoms with van der Waals surface area (Å²) < 4.78 is 10.6. The summed E-state index contributed by atoms with van der Waals surface area (Å²) >= 11 is 0. The highest BCUT2D eigenvalue weighted by molar-refractivity contribution is 5.78. The molecular formula is C18H28N2O3. The largest absolute Gasteiger partial charge is 0.497 e. The van der Waals surface area contributed by atoms with E-state index >= 15 is 0 Å². The van der Waals surface area contributed by atoms with Crippen molar-refractivity contribution in [1.29, 1.82) is 0 Å². The van der Waals surface area contributed by atoms with E-state index in [9.17, 15) is 4.79 Å². The normalized spacial score (nSPS) is 20.8. The van der Waals surface area contributed by atoms with Gasteiger partial charge in [-0.1, -0.05) is 0 Å². The Morgan fingerprint density at radius 2 is 2.17 bits per heavy atom. The molecule has 5 nitrogen and oxygen atoms in total. The van der Waals surface area contributed by atoms with E-state index in [1.54, 1.807) is 14.2 Å². The summed E-state index contributed by atoms with van der Waals surface area (Å²) in [5.74, 6) is 2.03. The first-order valence-corrected chi connectivity index (χ1v) is 8.36. The number of methoxy groups -OCH3 is 2. The van der Waals surface area contributed by atoms with Crippen LogP contribution in [-0.2, 0) is 11.2 Å². The summed E-state index contributed by atoms with van der Waals surface area (Å²) in [7, 11) is 3.33. The molecule has 1 amide bonds. The Labute approximate surface area is 138 Å². The highest BCUT2D eigenvalue weighted by Gasteiger charge is 2.24. The fraction of sp³-hybridized carbons (Fsp3) is 0.611. The van der Waals surface area contributed by atoms with E-state index in [-0.39, 0.29) is 11.8 Å². The second-order valence-corrected chi connectivity index (χ2v) is 6.15. The van der Waals surface area contributed by atoms with E-state index in [0.717, 1.165) is 49.3 Å². The van der Waals surface area contributed by atoms with Crippen molar-refractivity contribution in [2.75, 3.05) is 27.3 Å². The van der Waals surface area contributed by atoms with Crippen LogP contribution < -0.4 is 20.1 Å². The van der Waals surface area contributed by atoms with E-state index in [1.165, 1.54) is 0 Å². The maximum atomic E-state index is 12.2. The molecule has 0 aliphatic carbocycles. The Kier molecular flexibility index (Phi) is 6.71. The number of nitrogens with one attached hydrogen (secondary N) is 2. The van der Waals surface area contributed by atoms with Gasteiger partial charge in [0.1, 0.15) is 11.5 Å². The highest BCUT2D eigenvalue weighted by atomic mass is 16.5. The van der Waals surface area contributed by atoms with Crippen molar-refractivity contribution in [2.24, 2.45) is 5.92 Å². The Balaban J connectivity index is 1.77. The monoisotopic (exact) mass is 320 g/mol. The van der Waals surface area contributed by atoms with E-state index in [1.807, 2.05) is 18.2 Å². The third-order valence-corrected chi connectivity index (χ3v) is 4.40. The van der Waals surface area contributed by atoms with E-state index in [2.05, 4.69) is 17.6 Å². The highest BCUT2D eigenvalue weighted by Crippen LogP contribution is 2.25. The topological polar surface area (TPSA) is 59.6 Å². The molecule has 0 bridgehead atoms. The molecule has 1 saturated heterocycles. The number of carbonyl (C=O) groups is 1. The lowest BCUT2D eigenvalue weighted by molar-refractivity contribution is -0.126. The number of rotatable bonds is 7. The number of hydrogen-bond donors (Lipinski definition) is 2. The molecule has 1 aliphatic rings. The number of ether oxygens (including phenoxy) is 2. The van der Waals surface area contributed by atoms with Crippen LogP contribution in [0.5, 0.6) is 11.5 Å². The van der Waals surface area contributed by atoms with E-state index < -0.39 is 0 Å². The molecule has 1 fully saturated rings. The molecule has 1 aromatic carbocycles. The summed E-state index contributed by atoms with van der Waals surface area (Å²) in [6.07, 6.45) is 3.59. The molecule has 1 heterocycles. The third kappa shape index (κ3) is 5.13. The van der Waals surface area contributed by atoms with Crippen LogP contribution >= 0.6 is 0 Å². The maximum absolute atomic E-state index is 12.2. The minimum atomic E-state index is 0.151. The molecule has 0 unspecified atom stereocenters. The van der Waals surface area contributed by atoms with Crippen molar-refractivity contribution in [1.82, 2.24) is 10.6 Å². The molecule has 1 aliphatic heterocycles. The van der Waals surface area contributed by atoms with Crippen LogP contribution in [0.25, 0.3) is 0 Å². The molecule has 0 spiro atoms. The molecule has 5 heteroatoms. The van der Waals surface area contributed by atoms with Gasteiger partial charge >= 0.3 is 0 Å². The van der Waals surface area contributed by atoms with Gasteiger partial charge in [-0.3, -0.25) is 4.79 Å². The van der Waals surface area contributed by atoms with Crippen LogP contribution in [0.2, 0.25) is 0 Å². The van der Waals surface area contributed by atoms with Crippen LogP contribution in [0.15, 0.2) is 18.2 Å². The molecule has 0 radical (unpaired) electrons. The van der Waals surface area contributed by atoms with E-state index in [4.69, 9.17) is 9.47 Å². The van der Waals surface area contributed by atoms with E-state index in [0.29, 0.717) is 12.6 Å². The van der Waals surface area contributed by atoms with Crippen molar-refractivity contribution in [3.63, 3.8) is 0 Å². The SMILES string of the molecule is COc1ccc(OC)c(CCCNC(=O)[C@H]2CCN[C@@H](C)C2)c1. The molecule has 2 rings (SSSR count). The van der Waals surface area contributed by atoms with Crippen LogP contribution in [0.1, 0.15) is 31.7 Å². The smallest absolute Gasteiger partial charge is 0.223 e. The Hall–Kier alpha value is -1.75. The summed E-state index contributed by atoms with van der Waals surface area (Å²) in [6, 6.07) is 6.24. The van der Waals surface area contributed by atoms with Gasteiger partial charge in [-0.25, -0.2) is 0 Å². The average Bonchev–Trinajstić information content (AvgIpc) is 2.58. The van der Waals surface area contributed by atoms with Gasteiger partial charge in [-0.15, -0.1) is 0 Å². The molecule has 0 aromatic heterocycles. The third-order valence-electron chi connectivity index (χ3n) is 4.40. The number of piperidine rings is 1. The molecule has 1 aromatic rings. The minimum Gasteiger partial charge on any atom is -0.497 e. The van der Waals surface area contributed by atoms with Gasteiger partial charge in [0.2, 0.25) is 5.91 Å². The summed E-state index contributed by atoms with van der Waals surface area (Å²) in [6.45, 7) is 3.76. The Morgan fingerprint density at radius 1 is 1.35 bits per heavy atom. The first kappa shape index (κ1) is 17.6. The van der Waals surface area contributed by atoms with Crippen LogP contribution in [0.4, 0.5) is 0 Å². The van der Waals surface area contributed by atoms with Crippen molar-refractivity contribution in [3.8, 4) is 11.5 Å². The molecule has 23 heavy (non-hydrogen) atoms. The number of amides is 1. The fourth-order valence-corrected chi connectivity index (χ4v) is 3.08. The molecule has 0 saturated carbocycles. The summed E-state index contributed by atoms with van der Waals surface area (Å²) in [5, 5.41) is 6.44. The zero-order valence-corrected chi connectivity index (χ0v) is 14.4. The number of benzene rings is 1. The zero-order valence-electron chi connectivity index (χ0n) is 14.4. The first-order chi connectivity index (χ1) is 11.1. The van der Waals surface area contributed by atoms with Gasteiger partial charge in [0.05, 0.1) is 14.2 Å². The van der Waals surface area contributed by atoms with Crippen molar-refractivity contribution < 1.29 is 14.3 Å². The second kappa shape index (κ2) is 8.77. The number of carbonyl (C=O) groups excluding carboxylic acids is 1. The maximum Gasteiger partial charge on any atom is 0.223 e. The predicted octanol–water partition coefficient (Wildman–Crippen LogP) is 2.14. The standard InChI is InChI=1S/C18H28N2O3/c1-13-11-15(8-10-19-13)18(21)20-9-4-5-14-12-16(22-2)6-7-17(14)23-3/h6-7,12-13,15,19H,4-5,8-11H2,1-3H3,(H,20,21)/t13-,15-/m0/s1. The molecule has 2 N–H and O–H groups in total. The zero-order chi connectivity index (χ0) is 16.7. The first-order valence-electron chi connectivity index (χ1n) is 8.36. The van der Waals surface area contributed by atoms with Crippen molar-refractivity contribution >= 4 is 5.91 Å². The number of hydrogen-bond acceptors (Lipinski definition) is 4. The van der Waals surface area contributed by atoms with Gasteiger partial charge in [0, 0.05) is 18.5 Å². The second-order valence-electron chi connectivity index (χ2n) is 6.15. The molecular weight excluding hydrogens is 292 g/mol. The Morgan fingerprint density at radius 3 is 2.87 bits per heavy atom. The summed E-state index contributed by atoms with van der Waals surface area (Å²) in [4.78, 5) is 12.2. The van der Waals surface area contributed by atoms with Crippen LogP contribution in [0, 0.1) is 5.92 Å². The van der Waals surface area contributed by atoms with Crippen LogP contribution in [0.3, 0.4) is 0 Å². The summed E-state index contributed by atoms with van der Waals surface area (Å²) in [5.41, 5.74) is 1.11. The van der Waals surface area contributed by atoms with Gasteiger partial charge in [0.15, 0.2) is 0 Å². The average molecular weight is 320 g/mol. The lowest BCUT2D eigenvalue weighted by Gasteiger charge is -2.27. The minimum absolute atomic E-state index is 0.151. The van der Waals surface area contributed by atoms with Gasteiger partial charge in [-0.05, 0) is 62.9 Å². The fourth-order valence-electron chi connectivity index (χ4n) is 3.08. The van der Waals surface area contributed by atoms with Gasteiger partial charge in [-0.2, -0.15) is 0 Å². The van der Waals surface area contributed by atoms with Gasteiger partial charge in [0.25, 0.3) is 0 Å². The van der Waals surface area contributed by atoms with Crippen molar-refractivity contribution in [2.45, 2.75) is 38.6 Å². The van der Waals surface area contributed by atoms with Crippen LogP contribution in [-0.4, -0.2) is 39.3 Å². The predicted molar refractivity (Wildman–Crippen MR) is 91.1 cm³/mol. The van der Waals surface area contributed by atoms with Crippen molar-refractivity contribution in [3.05, 3.63) is 23.8 Å². The van der Waals surface area contributed by atoms with Gasteiger partial charge < -0.3 is 20.1 Å². The lowest BCUT2D eigenvalue weighted by atomic mass is 9.92. The lowest BCUT2D eigenvalue weighted by Crippen LogP contribution is -2.42. The molecule has 128 valence electrons. The number of aryl methyl sites for hydroxylation is 1.